The first-order valence-electron chi connectivity index (χ1n) is 19.1. The normalized spacial score (nSPS) is 14.4. The van der Waals surface area contributed by atoms with Crippen molar-refractivity contribution in [2.75, 3.05) is 13.2 Å². The summed E-state index contributed by atoms with van der Waals surface area (Å²) in [7, 11) is 0. The van der Waals surface area contributed by atoms with Crippen molar-refractivity contribution in [3.63, 3.8) is 0 Å². The van der Waals surface area contributed by atoms with Crippen LogP contribution in [0.4, 0.5) is 9.59 Å². The van der Waals surface area contributed by atoms with Crippen molar-refractivity contribution in [2.45, 2.75) is 123 Å². The number of nitrogens with one attached hydrogen (secondary N) is 5. The molecule has 3 rings (SSSR count). The minimum atomic E-state index is -1.18. The molecule has 6 N–H and O–H groups in total. The lowest BCUT2D eigenvalue weighted by atomic mass is 9.98. The van der Waals surface area contributed by atoms with Gasteiger partial charge in [-0.15, -0.1) is 0 Å². The molecule has 5 amide bonds. The van der Waals surface area contributed by atoms with E-state index in [2.05, 4.69) is 38.7 Å². The molecule has 1 aliphatic rings. The van der Waals surface area contributed by atoms with Gasteiger partial charge in [0.15, 0.2) is 0 Å². The van der Waals surface area contributed by atoms with Crippen LogP contribution in [0.15, 0.2) is 48.5 Å². The molecule has 302 valence electrons. The minimum absolute atomic E-state index is 0.0109. The van der Waals surface area contributed by atoms with E-state index in [4.69, 9.17) is 9.47 Å². The second kappa shape index (κ2) is 20.5. The van der Waals surface area contributed by atoms with Crippen LogP contribution < -0.4 is 26.6 Å². The van der Waals surface area contributed by atoms with E-state index in [0.717, 1.165) is 22.3 Å². The molecule has 0 saturated heterocycles. The predicted molar refractivity (Wildman–Crippen MR) is 208 cm³/mol. The molecule has 0 bridgehead atoms. The molecule has 0 saturated carbocycles. The molecule has 0 radical (unpaired) electrons. The van der Waals surface area contributed by atoms with Crippen LogP contribution in [-0.2, 0) is 28.7 Å². The van der Waals surface area contributed by atoms with Crippen molar-refractivity contribution in [3.05, 3.63) is 59.7 Å². The van der Waals surface area contributed by atoms with E-state index in [9.17, 15) is 33.9 Å². The van der Waals surface area contributed by atoms with Crippen molar-refractivity contribution in [1.82, 2.24) is 26.6 Å². The highest BCUT2D eigenvalue weighted by Crippen LogP contribution is 2.44. The topological polar surface area (TPSA) is 201 Å². The Kier molecular flexibility index (Phi) is 16.5. The van der Waals surface area contributed by atoms with Gasteiger partial charge in [0.2, 0.25) is 17.7 Å². The molecule has 2 aromatic carbocycles. The monoisotopic (exact) mass is 765 g/mol. The van der Waals surface area contributed by atoms with Crippen molar-refractivity contribution >= 4 is 35.9 Å². The van der Waals surface area contributed by atoms with Crippen LogP contribution in [0.3, 0.4) is 0 Å². The van der Waals surface area contributed by atoms with Crippen LogP contribution in [-0.4, -0.2) is 83.9 Å². The molecule has 55 heavy (non-hydrogen) atoms. The number of benzene rings is 2. The van der Waals surface area contributed by atoms with Crippen LogP contribution in [0.5, 0.6) is 0 Å². The molecule has 0 fully saturated rings. The second-order valence-corrected chi connectivity index (χ2v) is 15.9. The fraction of sp³-hybridized carbons (Fsp3) is 0.561. The lowest BCUT2D eigenvalue weighted by Crippen LogP contribution is -2.57. The van der Waals surface area contributed by atoms with E-state index in [1.54, 1.807) is 20.8 Å². The number of alkyl carbamates (subject to hydrolysis) is 2. The molecule has 2 aromatic rings. The first-order chi connectivity index (χ1) is 25.9. The summed E-state index contributed by atoms with van der Waals surface area (Å²) in [4.78, 5) is 76.9. The van der Waals surface area contributed by atoms with Gasteiger partial charge in [0.05, 0.1) is 0 Å². The van der Waals surface area contributed by atoms with Gasteiger partial charge in [-0.2, -0.15) is 0 Å². The number of hydrogen-bond acceptors (Lipinski definition) is 8. The molecule has 4 atom stereocenters. The van der Waals surface area contributed by atoms with Gasteiger partial charge in [0, 0.05) is 12.5 Å². The first kappa shape index (κ1) is 44.3. The summed E-state index contributed by atoms with van der Waals surface area (Å²) in [5, 5.41) is 22.7. The number of carboxylic acid groups (broad SMARTS) is 1. The van der Waals surface area contributed by atoms with Gasteiger partial charge >= 0.3 is 18.2 Å². The zero-order valence-corrected chi connectivity index (χ0v) is 33.3. The molecule has 0 heterocycles. The van der Waals surface area contributed by atoms with E-state index >= 15 is 0 Å². The van der Waals surface area contributed by atoms with Gasteiger partial charge in [-0.1, -0.05) is 76.2 Å². The van der Waals surface area contributed by atoms with E-state index in [0.29, 0.717) is 12.8 Å². The van der Waals surface area contributed by atoms with Gasteiger partial charge < -0.3 is 41.2 Å². The van der Waals surface area contributed by atoms with Crippen LogP contribution in [0, 0.1) is 11.8 Å². The van der Waals surface area contributed by atoms with Gasteiger partial charge in [-0.3, -0.25) is 14.4 Å². The largest absolute Gasteiger partial charge is 0.480 e. The summed E-state index contributed by atoms with van der Waals surface area (Å²) in [6.45, 7) is 14.4. The van der Waals surface area contributed by atoms with Crippen molar-refractivity contribution in [3.8, 4) is 11.1 Å². The Morgan fingerprint density at radius 3 is 1.75 bits per heavy atom. The predicted octanol–water partition coefficient (Wildman–Crippen LogP) is 5.24. The zero-order valence-electron chi connectivity index (χ0n) is 33.3. The van der Waals surface area contributed by atoms with Crippen molar-refractivity contribution < 1.29 is 43.3 Å². The average Bonchev–Trinajstić information content (AvgIpc) is 3.41. The SMILES string of the molecule is CC(C)C[C@H](NC(=O)[C@H](C)NC(=O)[C@H](CC(C)C)NC(=O)[C@H](CCCCNC(=O)OCC1c2ccccc2-c2ccccc21)NC(=O)OC(C)(C)C)C(=O)O. The van der Waals surface area contributed by atoms with Gasteiger partial charge in [0.25, 0.3) is 0 Å². The third-order valence-electron chi connectivity index (χ3n) is 8.95. The van der Waals surface area contributed by atoms with Gasteiger partial charge in [-0.05, 0) is 93.9 Å². The first-order valence-corrected chi connectivity index (χ1v) is 19.1. The summed E-state index contributed by atoms with van der Waals surface area (Å²) >= 11 is 0. The Morgan fingerprint density at radius 2 is 1.20 bits per heavy atom. The van der Waals surface area contributed by atoms with Crippen LogP contribution in [0.25, 0.3) is 11.1 Å². The number of carbonyl (C=O) groups is 6. The zero-order chi connectivity index (χ0) is 40.9. The van der Waals surface area contributed by atoms with Gasteiger partial charge in [-0.25, -0.2) is 14.4 Å². The Bertz CT molecular complexity index is 1610. The number of carbonyl (C=O) groups excluding carboxylic acids is 5. The lowest BCUT2D eigenvalue weighted by molar-refractivity contribution is -0.142. The third-order valence-corrected chi connectivity index (χ3v) is 8.95. The molecule has 0 aromatic heterocycles. The number of rotatable bonds is 19. The number of aliphatic carboxylic acids is 1. The fourth-order valence-electron chi connectivity index (χ4n) is 6.38. The molecule has 0 unspecified atom stereocenters. The van der Waals surface area contributed by atoms with Crippen LogP contribution in [0.2, 0.25) is 0 Å². The number of carboxylic acids is 1. The molecule has 14 nitrogen and oxygen atoms in total. The maximum absolute atomic E-state index is 13.6. The number of ether oxygens (including phenoxy) is 2. The highest BCUT2D eigenvalue weighted by molar-refractivity contribution is 5.94. The number of fused-ring (bicyclic) bond motifs is 3. The maximum Gasteiger partial charge on any atom is 0.408 e. The Hall–Kier alpha value is -5.14. The summed E-state index contributed by atoms with van der Waals surface area (Å²) in [6.07, 6.45) is 0.0998. The van der Waals surface area contributed by atoms with Crippen LogP contribution >= 0.6 is 0 Å². The van der Waals surface area contributed by atoms with Crippen molar-refractivity contribution in [1.29, 1.82) is 0 Å². The highest BCUT2D eigenvalue weighted by Gasteiger charge is 2.32. The second-order valence-electron chi connectivity index (χ2n) is 15.9. The number of hydrogen-bond donors (Lipinski definition) is 6. The minimum Gasteiger partial charge on any atom is -0.480 e. The summed E-state index contributed by atoms with van der Waals surface area (Å²) in [5.74, 6) is -3.22. The Balaban J connectivity index is 1.57. The molecular formula is C41H59N5O9. The Morgan fingerprint density at radius 1 is 0.673 bits per heavy atom. The number of unbranched alkanes of at least 4 members (excludes halogenated alkanes) is 1. The quantitative estimate of drug-likeness (QED) is 0.104. The van der Waals surface area contributed by atoms with Crippen LogP contribution in [0.1, 0.15) is 105 Å². The molecule has 1 aliphatic carbocycles. The van der Waals surface area contributed by atoms with Gasteiger partial charge in [0.1, 0.15) is 36.4 Å². The molecular weight excluding hydrogens is 706 g/mol. The van der Waals surface area contributed by atoms with E-state index < -0.39 is 65.6 Å². The average molecular weight is 766 g/mol. The molecule has 14 heteroatoms. The molecule has 0 aliphatic heterocycles. The highest BCUT2D eigenvalue weighted by atomic mass is 16.6. The lowest BCUT2D eigenvalue weighted by Gasteiger charge is -2.27. The fourth-order valence-corrected chi connectivity index (χ4v) is 6.38. The Labute approximate surface area is 324 Å². The third kappa shape index (κ3) is 14.2. The summed E-state index contributed by atoms with van der Waals surface area (Å²) in [6, 6.07) is 11.8. The maximum atomic E-state index is 13.6. The number of amides is 5. The smallest absolute Gasteiger partial charge is 0.408 e. The standard InChI is InChI=1S/C41H59N5O9/c1-24(2)21-33(37(49)43-26(5)35(47)45-34(38(50)51)22-25(3)4)44-36(48)32(46-40(53)55-41(6,7)8)19-13-14-20-42-39(52)54-23-31-29-17-11-9-15-27(29)28-16-10-12-18-30(28)31/h9-12,15-18,24-26,31-34H,13-14,19-23H2,1-8H3,(H,42,52)(H,43,49)(H,44,48)(H,45,47)(H,46,53)(H,50,51)/t26-,32-,33-,34-/m0/s1. The van der Waals surface area contributed by atoms with E-state index in [1.165, 1.54) is 6.92 Å². The van der Waals surface area contributed by atoms with E-state index in [1.807, 2.05) is 64.1 Å². The van der Waals surface area contributed by atoms with Crippen molar-refractivity contribution in [2.24, 2.45) is 11.8 Å². The summed E-state index contributed by atoms with van der Waals surface area (Å²) in [5.41, 5.74) is 3.65. The van der Waals surface area contributed by atoms with E-state index in [-0.39, 0.29) is 50.2 Å². The summed E-state index contributed by atoms with van der Waals surface area (Å²) < 4.78 is 11.0. The molecule has 0 spiro atoms.